The number of amides is 1. The predicted molar refractivity (Wildman–Crippen MR) is 87.5 cm³/mol. The monoisotopic (exact) mass is 310 g/mol. The van der Waals surface area contributed by atoms with Gasteiger partial charge in [-0.3, -0.25) is 4.79 Å². The van der Waals surface area contributed by atoms with Gasteiger partial charge in [-0.05, 0) is 37.0 Å². The summed E-state index contributed by atoms with van der Waals surface area (Å²) < 4.78 is 5.84. The summed E-state index contributed by atoms with van der Waals surface area (Å²) in [7, 11) is 0. The summed E-state index contributed by atoms with van der Waals surface area (Å²) in [6.07, 6.45) is 5.52. The number of carbonyl (C=O) groups excluding carboxylic acids is 1. The van der Waals surface area contributed by atoms with Gasteiger partial charge < -0.3 is 9.64 Å². The van der Waals surface area contributed by atoms with Crippen molar-refractivity contribution >= 4 is 5.91 Å². The molecule has 1 aliphatic carbocycles. The Kier molecular flexibility index (Phi) is 4.49. The molecular weight excluding hydrogens is 288 g/mol. The van der Waals surface area contributed by atoms with Crippen LogP contribution in [-0.2, 0) is 9.53 Å². The molecule has 4 nitrogen and oxygen atoms in total. The molecule has 1 heterocycles. The second kappa shape index (κ2) is 6.55. The SMILES string of the molecule is C=CCC1(C(=O)N2CCO[C@@H](c3cccc(C#N)c3)C2)CCC1. The van der Waals surface area contributed by atoms with E-state index in [-0.39, 0.29) is 17.4 Å². The van der Waals surface area contributed by atoms with Crippen LogP contribution in [0.2, 0.25) is 0 Å². The van der Waals surface area contributed by atoms with Crippen molar-refractivity contribution in [2.24, 2.45) is 5.41 Å². The van der Waals surface area contributed by atoms with Gasteiger partial charge in [0.15, 0.2) is 0 Å². The van der Waals surface area contributed by atoms with Crippen LogP contribution in [-0.4, -0.2) is 30.5 Å². The molecule has 4 heteroatoms. The van der Waals surface area contributed by atoms with E-state index in [1.54, 1.807) is 6.07 Å². The minimum absolute atomic E-state index is 0.151. The van der Waals surface area contributed by atoms with Crippen LogP contribution >= 0.6 is 0 Å². The minimum Gasteiger partial charge on any atom is -0.370 e. The van der Waals surface area contributed by atoms with Gasteiger partial charge in [0.05, 0.1) is 30.2 Å². The van der Waals surface area contributed by atoms with Gasteiger partial charge in [-0.15, -0.1) is 6.58 Å². The fraction of sp³-hybridized carbons (Fsp3) is 0.474. The molecule has 0 unspecified atom stereocenters. The first-order valence-electron chi connectivity index (χ1n) is 8.20. The van der Waals surface area contributed by atoms with Crippen molar-refractivity contribution in [3.05, 3.63) is 48.0 Å². The van der Waals surface area contributed by atoms with Gasteiger partial charge in [0.25, 0.3) is 0 Å². The normalized spacial score (nSPS) is 22.7. The first-order valence-corrected chi connectivity index (χ1v) is 8.20. The number of hydrogen-bond donors (Lipinski definition) is 0. The van der Waals surface area contributed by atoms with Crippen molar-refractivity contribution < 1.29 is 9.53 Å². The first-order chi connectivity index (χ1) is 11.2. The van der Waals surface area contributed by atoms with Gasteiger partial charge in [0.2, 0.25) is 5.91 Å². The zero-order valence-corrected chi connectivity index (χ0v) is 13.3. The first kappa shape index (κ1) is 15.8. The minimum atomic E-state index is -0.224. The number of morpholine rings is 1. The summed E-state index contributed by atoms with van der Waals surface area (Å²) in [5.41, 5.74) is 1.36. The molecule has 0 aromatic heterocycles. The highest BCUT2D eigenvalue weighted by molar-refractivity contribution is 5.84. The molecule has 0 radical (unpaired) electrons. The molecule has 0 N–H and O–H groups in total. The number of benzene rings is 1. The van der Waals surface area contributed by atoms with E-state index in [9.17, 15) is 4.79 Å². The summed E-state index contributed by atoms with van der Waals surface area (Å²) in [5, 5.41) is 9.04. The number of nitriles is 1. The van der Waals surface area contributed by atoms with E-state index < -0.39 is 0 Å². The van der Waals surface area contributed by atoms with Gasteiger partial charge in [0.1, 0.15) is 6.10 Å². The Hall–Kier alpha value is -2.12. The number of nitrogens with zero attached hydrogens (tertiary/aromatic N) is 2. The Morgan fingerprint density at radius 1 is 1.52 bits per heavy atom. The maximum Gasteiger partial charge on any atom is 0.229 e. The van der Waals surface area contributed by atoms with Crippen LogP contribution in [0.15, 0.2) is 36.9 Å². The van der Waals surface area contributed by atoms with Gasteiger partial charge in [-0.25, -0.2) is 0 Å². The molecule has 0 bridgehead atoms. The van der Waals surface area contributed by atoms with Crippen molar-refractivity contribution in [3.63, 3.8) is 0 Å². The van der Waals surface area contributed by atoms with Crippen molar-refractivity contribution in [2.75, 3.05) is 19.7 Å². The van der Waals surface area contributed by atoms with Crippen LogP contribution in [0.4, 0.5) is 0 Å². The fourth-order valence-electron chi connectivity index (χ4n) is 3.56. The average molecular weight is 310 g/mol. The highest BCUT2D eigenvalue weighted by Crippen LogP contribution is 2.46. The van der Waals surface area contributed by atoms with Gasteiger partial charge in [-0.1, -0.05) is 24.6 Å². The van der Waals surface area contributed by atoms with Crippen LogP contribution in [0.25, 0.3) is 0 Å². The summed E-state index contributed by atoms with van der Waals surface area (Å²) in [6.45, 7) is 5.56. The lowest BCUT2D eigenvalue weighted by Crippen LogP contribution is -2.51. The number of carbonyl (C=O) groups is 1. The van der Waals surface area contributed by atoms with Crippen LogP contribution < -0.4 is 0 Å². The fourth-order valence-corrected chi connectivity index (χ4v) is 3.56. The second-order valence-electron chi connectivity index (χ2n) is 6.47. The van der Waals surface area contributed by atoms with E-state index in [0.717, 1.165) is 31.2 Å². The molecule has 3 rings (SSSR count). The number of rotatable bonds is 4. The van der Waals surface area contributed by atoms with Gasteiger partial charge >= 0.3 is 0 Å². The maximum atomic E-state index is 13.0. The third kappa shape index (κ3) is 3.02. The lowest BCUT2D eigenvalue weighted by molar-refractivity contribution is -0.155. The standard InChI is InChI=1S/C19H22N2O2/c1-2-7-19(8-4-9-19)18(22)21-10-11-23-17(14-21)16-6-3-5-15(12-16)13-20/h2-3,5-6,12,17H,1,4,7-11,14H2/t17-/m1/s1. The second-order valence-corrected chi connectivity index (χ2v) is 6.47. The van der Waals surface area contributed by atoms with Gasteiger partial charge in [0, 0.05) is 6.54 Å². The molecule has 1 aromatic carbocycles. The lowest BCUT2D eigenvalue weighted by Gasteiger charge is -2.45. The van der Waals surface area contributed by atoms with E-state index in [0.29, 0.717) is 25.3 Å². The summed E-state index contributed by atoms with van der Waals surface area (Å²) in [6, 6.07) is 9.61. The summed E-state index contributed by atoms with van der Waals surface area (Å²) >= 11 is 0. The molecule has 1 atom stereocenters. The lowest BCUT2D eigenvalue weighted by atomic mass is 9.65. The van der Waals surface area contributed by atoms with E-state index in [4.69, 9.17) is 10.00 Å². The Labute approximate surface area is 137 Å². The Morgan fingerprint density at radius 3 is 3.00 bits per heavy atom. The molecular formula is C19H22N2O2. The largest absolute Gasteiger partial charge is 0.370 e. The third-order valence-corrected chi connectivity index (χ3v) is 5.04. The summed E-state index contributed by atoms with van der Waals surface area (Å²) in [4.78, 5) is 14.9. The molecule has 1 aliphatic heterocycles. The third-order valence-electron chi connectivity index (χ3n) is 5.04. The van der Waals surface area contributed by atoms with Gasteiger partial charge in [-0.2, -0.15) is 5.26 Å². The Morgan fingerprint density at radius 2 is 2.35 bits per heavy atom. The van der Waals surface area contributed by atoms with Crippen molar-refractivity contribution in [1.82, 2.24) is 4.90 Å². The van der Waals surface area contributed by atoms with Crippen LogP contribution in [0, 0.1) is 16.7 Å². The number of ether oxygens (including phenoxy) is 1. The van der Waals surface area contributed by atoms with E-state index in [1.165, 1.54) is 0 Å². The Balaban J connectivity index is 1.74. The highest BCUT2D eigenvalue weighted by Gasteiger charge is 2.46. The van der Waals surface area contributed by atoms with Crippen molar-refractivity contribution in [2.45, 2.75) is 31.8 Å². The van der Waals surface area contributed by atoms with Crippen molar-refractivity contribution in [1.29, 1.82) is 5.26 Å². The van der Waals surface area contributed by atoms with Crippen LogP contribution in [0.5, 0.6) is 0 Å². The molecule has 1 amide bonds. The number of allylic oxidation sites excluding steroid dienone is 1. The molecule has 2 fully saturated rings. The molecule has 23 heavy (non-hydrogen) atoms. The Bertz CT molecular complexity index is 643. The van der Waals surface area contributed by atoms with Crippen molar-refractivity contribution in [3.8, 4) is 6.07 Å². The molecule has 0 spiro atoms. The van der Waals surface area contributed by atoms with E-state index in [2.05, 4.69) is 12.6 Å². The molecule has 1 saturated carbocycles. The molecule has 2 aliphatic rings. The maximum absolute atomic E-state index is 13.0. The smallest absolute Gasteiger partial charge is 0.229 e. The highest BCUT2D eigenvalue weighted by atomic mass is 16.5. The quantitative estimate of drug-likeness (QED) is 0.802. The molecule has 120 valence electrons. The topological polar surface area (TPSA) is 53.3 Å². The molecule has 1 aromatic rings. The zero-order valence-electron chi connectivity index (χ0n) is 13.3. The van der Waals surface area contributed by atoms with Crippen LogP contribution in [0.1, 0.15) is 42.9 Å². The average Bonchev–Trinajstić information content (AvgIpc) is 2.57. The molecule has 1 saturated heterocycles. The van der Waals surface area contributed by atoms with E-state index >= 15 is 0 Å². The van der Waals surface area contributed by atoms with Crippen LogP contribution in [0.3, 0.4) is 0 Å². The van der Waals surface area contributed by atoms with E-state index in [1.807, 2.05) is 29.2 Å². The zero-order chi connectivity index (χ0) is 16.3. The predicted octanol–water partition coefficient (Wildman–Crippen LogP) is 3.20. The number of hydrogen-bond acceptors (Lipinski definition) is 3. The summed E-state index contributed by atoms with van der Waals surface area (Å²) in [5.74, 6) is 0.244.